The topological polar surface area (TPSA) is 24.9 Å². The Morgan fingerprint density at radius 2 is 2.35 bits per heavy atom. The molecule has 0 bridgehead atoms. The van der Waals surface area contributed by atoms with E-state index in [1.807, 2.05) is 6.20 Å². The van der Waals surface area contributed by atoms with Crippen LogP contribution in [-0.2, 0) is 0 Å². The fraction of sp³-hybridized carbons (Fsp3) is 0.500. The van der Waals surface area contributed by atoms with Gasteiger partial charge in [0.15, 0.2) is 0 Å². The number of rotatable bonds is 1. The number of fused-ring (bicyclic) bond motifs is 1. The van der Waals surface area contributed by atoms with Crippen molar-refractivity contribution in [1.29, 1.82) is 0 Å². The second-order valence-corrected chi connectivity index (χ2v) is 5.90. The number of pyridine rings is 1. The van der Waals surface area contributed by atoms with Gasteiger partial charge < -0.3 is 5.32 Å². The van der Waals surface area contributed by atoms with E-state index in [2.05, 4.69) is 45.3 Å². The van der Waals surface area contributed by atoms with E-state index in [1.165, 1.54) is 36.1 Å². The molecule has 1 aromatic rings. The SMILES string of the molecule is Cc1cc(C2=C[C@@H]3CNCC[C@@H]3C2)cnc1Br. The van der Waals surface area contributed by atoms with Crippen molar-refractivity contribution >= 4 is 21.5 Å². The molecule has 1 saturated heterocycles. The van der Waals surface area contributed by atoms with E-state index in [9.17, 15) is 0 Å². The van der Waals surface area contributed by atoms with E-state index < -0.39 is 0 Å². The predicted octanol–water partition coefficient (Wildman–Crippen LogP) is 3.17. The van der Waals surface area contributed by atoms with Crippen LogP contribution in [0.5, 0.6) is 0 Å². The molecule has 1 N–H and O–H groups in total. The minimum absolute atomic E-state index is 0.739. The Labute approximate surface area is 111 Å². The number of allylic oxidation sites excluding steroid dienone is 1. The fourth-order valence-electron chi connectivity index (χ4n) is 2.94. The van der Waals surface area contributed by atoms with Crippen LogP contribution in [0.25, 0.3) is 5.57 Å². The molecule has 17 heavy (non-hydrogen) atoms. The lowest BCUT2D eigenvalue weighted by atomic mass is 9.89. The zero-order valence-electron chi connectivity index (χ0n) is 10.0. The second kappa shape index (κ2) is 4.54. The first-order valence-electron chi connectivity index (χ1n) is 6.28. The molecule has 1 aliphatic heterocycles. The molecule has 2 heterocycles. The van der Waals surface area contributed by atoms with Crippen LogP contribution in [-0.4, -0.2) is 18.1 Å². The first-order chi connectivity index (χ1) is 8.24. The van der Waals surface area contributed by atoms with Gasteiger partial charge in [-0.2, -0.15) is 0 Å². The maximum Gasteiger partial charge on any atom is 0.109 e. The van der Waals surface area contributed by atoms with Crippen LogP contribution in [0.4, 0.5) is 0 Å². The molecule has 3 heteroatoms. The number of hydrogen-bond donors (Lipinski definition) is 1. The van der Waals surface area contributed by atoms with Crippen LogP contribution in [0.15, 0.2) is 22.9 Å². The van der Waals surface area contributed by atoms with Crippen molar-refractivity contribution < 1.29 is 0 Å². The number of halogens is 1. The summed E-state index contributed by atoms with van der Waals surface area (Å²) in [6.45, 7) is 4.43. The molecule has 0 amide bonds. The largest absolute Gasteiger partial charge is 0.316 e. The van der Waals surface area contributed by atoms with Gasteiger partial charge in [0, 0.05) is 12.7 Å². The van der Waals surface area contributed by atoms with Crippen LogP contribution in [0.2, 0.25) is 0 Å². The van der Waals surface area contributed by atoms with Gasteiger partial charge in [0.25, 0.3) is 0 Å². The second-order valence-electron chi connectivity index (χ2n) is 5.14. The molecule has 2 nitrogen and oxygen atoms in total. The normalized spacial score (nSPS) is 27.8. The maximum absolute atomic E-state index is 4.40. The average molecular weight is 293 g/mol. The van der Waals surface area contributed by atoms with Crippen molar-refractivity contribution in [2.24, 2.45) is 11.8 Å². The summed E-state index contributed by atoms with van der Waals surface area (Å²) in [5, 5.41) is 3.48. The molecule has 0 unspecified atom stereocenters. The van der Waals surface area contributed by atoms with E-state index in [0.717, 1.165) is 23.0 Å². The van der Waals surface area contributed by atoms with Crippen molar-refractivity contribution in [3.63, 3.8) is 0 Å². The number of piperidine rings is 1. The van der Waals surface area contributed by atoms with Crippen molar-refractivity contribution in [2.45, 2.75) is 19.8 Å². The summed E-state index contributed by atoms with van der Waals surface area (Å²) in [6.07, 6.45) is 7.00. The maximum atomic E-state index is 4.40. The van der Waals surface area contributed by atoms with Gasteiger partial charge in [-0.3, -0.25) is 0 Å². The molecule has 0 saturated carbocycles. The monoisotopic (exact) mass is 292 g/mol. The Morgan fingerprint density at radius 1 is 1.47 bits per heavy atom. The van der Waals surface area contributed by atoms with Crippen molar-refractivity contribution in [3.8, 4) is 0 Å². The summed E-state index contributed by atoms with van der Waals surface area (Å²) in [4.78, 5) is 4.40. The molecule has 90 valence electrons. The van der Waals surface area contributed by atoms with E-state index in [-0.39, 0.29) is 0 Å². The average Bonchev–Trinajstić information content (AvgIpc) is 2.76. The molecule has 2 atom stereocenters. The summed E-state index contributed by atoms with van der Waals surface area (Å²) in [5.74, 6) is 1.60. The third-order valence-corrected chi connectivity index (χ3v) is 4.79. The van der Waals surface area contributed by atoms with Crippen LogP contribution >= 0.6 is 15.9 Å². The lowest BCUT2D eigenvalue weighted by molar-refractivity contribution is 0.323. The van der Waals surface area contributed by atoms with Gasteiger partial charge >= 0.3 is 0 Å². The van der Waals surface area contributed by atoms with E-state index >= 15 is 0 Å². The molecule has 2 aliphatic rings. The standard InChI is InChI=1S/C14H17BrN2/c1-9-4-12(8-17-14(9)15)11-5-10-2-3-16-7-13(10)6-11/h4,6,8,10,13,16H,2-3,5,7H2,1H3/t10-,13-/m1/s1. The van der Waals surface area contributed by atoms with Gasteiger partial charge in [-0.15, -0.1) is 0 Å². The van der Waals surface area contributed by atoms with E-state index in [4.69, 9.17) is 0 Å². The number of aryl methyl sites for hydroxylation is 1. The molecular weight excluding hydrogens is 276 g/mol. The minimum atomic E-state index is 0.739. The first kappa shape index (κ1) is 11.4. The smallest absolute Gasteiger partial charge is 0.109 e. The molecule has 3 rings (SSSR count). The predicted molar refractivity (Wildman–Crippen MR) is 73.7 cm³/mol. The Hall–Kier alpha value is -0.670. The zero-order valence-corrected chi connectivity index (χ0v) is 11.6. The summed E-state index contributed by atoms with van der Waals surface area (Å²) in [7, 11) is 0. The molecule has 1 fully saturated rings. The van der Waals surface area contributed by atoms with Gasteiger partial charge in [-0.25, -0.2) is 4.98 Å². The zero-order chi connectivity index (χ0) is 11.8. The molecule has 1 aromatic heterocycles. The Balaban J connectivity index is 1.87. The van der Waals surface area contributed by atoms with E-state index in [0.29, 0.717) is 0 Å². The van der Waals surface area contributed by atoms with Gasteiger partial charge in [0.05, 0.1) is 0 Å². The number of hydrogen-bond acceptors (Lipinski definition) is 2. The highest BCUT2D eigenvalue weighted by Crippen LogP contribution is 2.39. The fourth-order valence-corrected chi connectivity index (χ4v) is 3.16. The molecular formula is C14H17BrN2. The van der Waals surface area contributed by atoms with Gasteiger partial charge in [0.1, 0.15) is 4.60 Å². The van der Waals surface area contributed by atoms with Crippen molar-refractivity contribution in [3.05, 3.63) is 34.1 Å². The highest BCUT2D eigenvalue weighted by Gasteiger charge is 2.30. The van der Waals surface area contributed by atoms with E-state index in [1.54, 1.807) is 0 Å². The van der Waals surface area contributed by atoms with Crippen LogP contribution < -0.4 is 5.32 Å². The third-order valence-electron chi connectivity index (χ3n) is 3.96. The quantitative estimate of drug-likeness (QED) is 0.805. The lowest BCUT2D eigenvalue weighted by Gasteiger charge is -2.25. The lowest BCUT2D eigenvalue weighted by Crippen LogP contribution is -2.33. The molecule has 0 radical (unpaired) electrons. The van der Waals surface area contributed by atoms with Gasteiger partial charge in [0.2, 0.25) is 0 Å². The van der Waals surface area contributed by atoms with Crippen LogP contribution in [0.1, 0.15) is 24.0 Å². The summed E-state index contributed by atoms with van der Waals surface area (Å²) < 4.78 is 0.957. The Morgan fingerprint density at radius 3 is 3.12 bits per heavy atom. The van der Waals surface area contributed by atoms with Crippen LogP contribution in [0, 0.1) is 18.8 Å². The Kier molecular flexibility index (Phi) is 3.05. The summed E-state index contributed by atoms with van der Waals surface area (Å²) in [5.41, 5.74) is 4.02. The highest BCUT2D eigenvalue weighted by atomic mass is 79.9. The number of nitrogens with zero attached hydrogens (tertiary/aromatic N) is 1. The molecule has 1 aliphatic carbocycles. The molecule has 0 spiro atoms. The third kappa shape index (κ3) is 2.18. The van der Waals surface area contributed by atoms with Gasteiger partial charge in [-0.05, 0) is 76.8 Å². The van der Waals surface area contributed by atoms with Crippen molar-refractivity contribution in [2.75, 3.05) is 13.1 Å². The highest BCUT2D eigenvalue weighted by molar-refractivity contribution is 9.10. The number of nitrogens with one attached hydrogen (secondary N) is 1. The Bertz CT molecular complexity index is 467. The number of aromatic nitrogens is 1. The van der Waals surface area contributed by atoms with Crippen molar-refractivity contribution in [1.82, 2.24) is 10.3 Å². The van der Waals surface area contributed by atoms with Crippen LogP contribution in [0.3, 0.4) is 0 Å². The minimum Gasteiger partial charge on any atom is -0.316 e. The summed E-state index contributed by atoms with van der Waals surface area (Å²) >= 11 is 3.46. The first-order valence-corrected chi connectivity index (χ1v) is 7.07. The summed E-state index contributed by atoms with van der Waals surface area (Å²) in [6, 6.07) is 2.24. The van der Waals surface area contributed by atoms with Gasteiger partial charge in [-0.1, -0.05) is 6.08 Å². The molecule has 0 aromatic carbocycles.